The number of ether oxygens (including phenoxy) is 2. The normalized spacial score (nSPS) is 12.8. The predicted molar refractivity (Wildman–Crippen MR) is 78.7 cm³/mol. The molecule has 0 aromatic heterocycles. The second-order valence-corrected chi connectivity index (χ2v) is 4.74. The van der Waals surface area contributed by atoms with Crippen molar-refractivity contribution in [3.8, 4) is 11.5 Å². The van der Waals surface area contributed by atoms with E-state index in [2.05, 4.69) is 15.9 Å². The minimum absolute atomic E-state index is 0.0891. The third kappa shape index (κ3) is 6.09. The van der Waals surface area contributed by atoms with E-state index >= 15 is 0 Å². The topological polar surface area (TPSA) is 58.9 Å². The number of halogens is 1. The van der Waals surface area contributed by atoms with Gasteiger partial charge in [-0.2, -0.15) is 0 Å². The molecule has 0 saturated carbocycles. The smallest absolute Gasteiger partial charge is 0.174 e. The molecule has 4 nitrogen and oxygen atoms in total. The lowest BCUT2D eigenvalue weighted by molar-refractivity contribution is -0.0641. The fourth-order valence-electron chi connectivity index (χ4n) is 1.45. The Hall–Kier alpha value is -1.04. The van der Waals surface area contributed by atoms with Crippen LogP contribution in [0.25, 0.3) is 6.08 Å². The Morgan fingerprint density at radius 3 is 2.84 bits per heavy atom. The summed E-state index contributed by atoms with van der Waals surface area (Å²) in [5.41, 5.74) is 0.817. The molecule has 0 spiro atoms. The average Bonchev–Trinajstić information content (AvgIpc) is 2.42. The van der Waals surface area contributed by atoms with Crippen molar-refractivity contribution in [3.63, 3.8) is 0 Å². The molecule has 0 heterocycles. The highest BCUT2D eigenvalue weighted by atomic mass is 79.9. The first kappa shape index (κ1) is 16.0. The Morgan fingerprint density at radius 2 is 2.16 bits per heavy atom. The van der Waals surface area contributed by atoms with Crippen LogP contribution in [-0.4, -0.2) is 35.5 Å². The van der Waals surface area contributed by atoms with Crippen LogP contribution in [0.4, 0.5) is 0 Å². The van der Waals surface area contributed by atoms with Gasteiger partial charge in [0.2, 0.25) is 0 Å². The van der Waals surface area contributed by atoms with Gasteiger partial charge in [0, 0.05) is 5.33 Å². The van der Waals surface area contributed by atoms with Gasteiger partial charge in [0.25, 0.3) is 0 Å². The summed E-state index contributed by atoms with van der Waals surface area (Å²) in [4.78, 5) is 0. The lowest BCUT2D eigenvalue weighted by Gasteiger charge is -2.07. The average molecular weight is 331 g/mol. The quantitative estimate of drug-likeness (QED) is 0.437. The van der Waals surface area contributed by atoms with E-state index in [4.69, 9.17) is 9.47 Å². The molecule has 1 unspecified atom stereocenters. The predicted octanol–water partition coefficient (Wildman–Crippen LogP) is 2.92. The third-order valence-corrected chi connectivity index (χ3v) is 3.03. The first-order valence-corrected chi connectivity index (χ1v) is 7.20. The maximum absolute atomic E-state index is 9.59. The zero-order chi connectivity index (χ0) is 14.1. The molecule has 0 fully saturated rings. The molecule has 5 heteroatoms. The van der Waals surface area contributed by atoms with Crippen LogP contribution in [0.2, 0.25) is 0 Å². The Kier molecular flexibility index (Phi) is 7.55. The van der Waals surface area contributed by atoms with Crippen molar-refractivity contribution in [2.24, 2.45) is 0 Å². The standard InChI is InChI=1S/C14H19BrO4/c1-18-13-10-11(4-6-12(13)16)5-7-14(17)19-9-3-2-8-15/h4-7,10,14,16-17H,2-3,8-9H2,1H3. The fraction of sp³-hybridized carbons (Fsp3) is 0.429. The number of phenols is 1. The number of alkyl halides is 1. The van der Waals surface area contributed by atoms with E-state index in [1.54, 1.807) is 30.4 Å². The number of phenolic OH excluding ortho intramolecular Hbond substituents is 1. The SMILES string of the molecule is COc1cc(C=CC(O)OCCCCBr)ccc1O. The van der Waals surface area contributed by atoms with E-state index < -0.39 is 6.29 Å². The molecule has 1 atom stereocenters. The summed E-state index contributed by atoms with van der Waals surface area (Å²) >= 11 is 3.33. The van der Waals surface area contributed by atoms with Crippen LogP contribution in [0.3, 0.4) is 0 Å². The summed E-state index contributed by atoms with van der Waals surface area (Å²) in [6.07, 6.45) is 4.28. The summed E-state index contributed by atoms with van der Waals surface area (Å²) < 4.78 is 10.2. The molecular formula is C14H19BrO4. The van der Waals surface area contributed by atoms with Gasteiger partial charge in [0.05, 0.1) is 13.7 Å². The molecule has 1 rings (SSSR count). The molecule has 19 heavy (non-hydrogen) atoms. The van der Waals surface area contributed by atoms with Gasteiger partial charge in [0.15, 0.2) is 17.8 Å². The lowest BCUT2D eigenvalue weighted by atomic mass is 10.2. The fourth-order valence-corrected chi connectivity index (χ4v) is 1.84. The number of benzene rings is 1. The number of methoxy groups -OCH3 is 1. The van der Waals surface area contributed by atoms with Gasteiger partial charge in [-0.15, -0.1) is 0 Å². The lowest BCUT2D eigenvalue weighted by Crippen LogP contribution is -2.09. The first-order valence-electron chi connectivity index (χ1n) is 6.08. The molecule has 2 N–H and O–H groups in total. The molecular weight excluding hydrogens is 312 g/mol. The number of hydrogen-bond acceptors (Lipinski definition) is 4. The summed E-state index contributed by atoms with van der Waals surface area (Å²) in [5.74, 6) is 0.487. The first-order chi connectivity index (χ1) is 9.17. The van der Waals surface area contributed by atoms with Gasteiger partial charge in [-0.25, -0.2) is 0 Å². The van der Waals surface area contributed by atoms with Crippen LogP contribution in [0.15, 0.2) is 24.3 Å². The minimum Gasteiger partial charge on any atom is -0.504 e. The van der Waals surface area contributed by atoms with Crippen LogP contribution < -0.4 is 4.74 Å². The number of rotatable bonds is 8. The molecule has 0 saturated heterocycles. The van der Waals surface area contributed by atoms with Gasteiger partial charge in [0.1, 0.15) is 0 Å². The zero-order valence-electron chi connectivity index (χ0n) is 10.9. The van der Waals surface area contributed by atoms with Crippen molar-refractivity contribution in [1.29, 1.82) is 0 Å². The highest BCUT2D eigenvalue weighted by Gasteiger charge is 2.02. The summed E-state index contributed by atoms with van der Waals surface area (Å²) in [5, 5.41) is 20.0. The Labute approximate surface area is 121 Å². The number of hydrogen-bond donors (Lipinski definition) is 2. The highest BCUT2D eigenvalue weighted by Crippen LogP contribution is 2.26. The van der Waals surface area contributed by atoms with Crippen molar-refractivity contribution in [3.05, 3.63) is 29.8 Å². The molecule has 0 aliphatic rings. The maximum Gasteiger partial charge on any atom is 0.174 e. The second kappa shape index (κ2) is 8.96. The van der Waals surface area contributed by atoms with Gasteiger partial charge in [-0.3, -0.25) is 0 Å². The molecule has 0 aliphatic heterocycles. The van der Waals surface area contributed by atoms with E-state index in [1.807, 2.05) is 0 Å². The van der Waals surface area contributed by atoms with E-state index in [1.165, 1.54) is 7.11 Å². The molecule has 0 radical (unpaired) electrons. The van der Waals surface area contributed by atoms with Crippen LogP contribution >= 0.6 is 15.9 Å². The van der Waals surface area contributed by atoms with Crippen molar-refractivity contribution < 1.29 is 19.7 Å². The van der Waals surface area contributed by atoms with Crippen molar-refractivity contribution in [1.82, 2.24) is 0 Å². The molecule has 0 aliphatic carbocycles. The number of aromatic hydroxyl groups is 1. The second-order valence-electron chi connectivity index (χ2n) is 3.95. The van der Waals surface area contributed by atoms with Crippen LogP contribution in [0, 0.1) is 0 Å². The van der Waals surface area contributed by atoms with E-state index in [0.29, 0.717) is 12.4 Å². The van der Waals surface area contributed by atoms with Crippen LogP contribution in [0.1, 0.15) is 18.4 Å². The van der Waals surface area contributed by atoms with Crippen LogP contribution in [0.5, 0.6) is 11.5 Å². The zero-order valence-corrected chi connectivity index (χ0v) is 12.5. The van der Waals surface area contributed by atoms with Crippen molar-refractivity contribution >= 4 is 22.0 Å². The Balaban J connectivity index is 2.46. The molecule has 106 valence electrons. The number of aliphatic hydroxyl groups excluding tert-OH is 1. The van der Waals surface area contributed by atoms with E-state index in [-0.39, 0.29) is 5.75 Å². The summed E-state index contributed by atoms with van der Waals surface area (Å²) in [7, 11) is 1.49. The maximum atomic E-state index is 9.59. The van der Waals surface area contributed by atoms with Gasteiger partial charge in [-0.1, -0.05) is 28.1 Å². The molecule has 0 bridgehead atoms. The summed E-state index contributed by atoms with van der Waals surface area (Å²) in [6.45, 7) is 0.524. The molecule has 1 aromatic carbocycles. The summed E-state index contributed by atoms with van der Waals surface area (Å²) in [6, 6.07) is 4.96. The number of aliphatic hydroxyl groups is 1. The van der Waals surface area contributed by atoms with E-state index in [0.717, 1.165) is 23.7 Å². The molecule has 0 amide bonds. The van der Waals surface area contributed by atoms with E-state index in [9.17, 15) is 10.2 Å². The number of unbranched alkanes of at least 4 members (excludes halogenated alkanes) is 1. The van der Waals surface area contributed by atoms with Gasteiger partial charge >= 0.3 is 0 Å². The van der Waals surface area contributed by atoms with Crippen LogP contribution in [-0.2, 0) is 4.74 Å². The third-order valence-electron chi connectivity index (χ3n) is 2.47. The van der Waals surface area contributed by atoms with Crippen molar-refractivity contribution in [2.75, 3.05) is 19.0 Å². The van der Waals surface area contributed by atoms with Gasteiger partial charge in [-0.05, 0) is 36.6 Å². The Bertz CT molecular complexity index is 406. The molecule has 1 aromatic rings. The Morgan fingerprint density at radius 1 is 1.37 bits per heavy atom. The highest BCUT2D eigenvalue weighted by molar-refractivity contribution is 9.09. The monoisotopic (exact) mass is 330 g/mol. The minimum atomic E-state index is -0.921. The van der Waals surface area contributed by atoms with Crippen molar-refractivity contribution in [2.45, 2.75) is 19.1 Å². The van der Waals surface area contributed by atoms with Gasteiger partial charge < -0.3 is 19.7 Å². The largest absolute Gasteiger partial charge is 0.504 e.